The van der Waals surface area contributed by atoms with Crippen LogP contribution in [0.15, 0.2) is 176 Å². The monoisotopic (exact) mass is 714 g/mol. The van der Waals surface area contributed by atoms with Crippen LogP contribution in [0.4, 0.5) is 0 Å². The van der Waals surface area contributed by atoms with E-state index < -0.39 is 12.2 Å². The maximum atomic E-state index is 7.02. The number of ether oxygens (including phenoxy) is 4. The molecule has 0 aromatic heterocycles. The van der Waals surface area contributed by atoms with E-state index in [4.69, 9.17) is 18.9 Å². The molecule has 0 spiro atoms. The van der Waals surface area contributed by atoms with E-state index in [1.165, 1.54) is 16.7 Å². The minimum atomic E-state index is -0.423. The van der Waals surface area contributed by atoms with Crippen LogP contribution in [0.3, 0.4) is 0 Å². The zero-order chi connectivity index (χ0) is 36.8. The summed E-state index contributed by atoms with van der Waals surface area (Å²) >= 11 is 0. The molecule has 1 aliphatic rings. The van der Waals surface area contributed by atoms with Crippen molar-refractivity contribution in [2.24, 2.45) is 5.92 Å². The Morgan fingerprint density at radius 3 is 1.46 bits per heavy atom. The zero-order valence-corrected chi connectivity index (χ0v) is 31.1. The molecule has 0 N–H and O–H groups in total. The third-order valence-corrected chi connectivity index (χ3v) is 10.1. The summed E-state index contributed by atoms with van der Waals surface area (Å²) in [6, 6.07) is 59.3. The second-order valence-corrected chi connectivity index (χ2v) is 14.1. The van der Waals surface area contributed by atoms with Gasteiger partial charge in [0.25, 0.3) is 0 Å². The Morgan fingerprint density at radius 1 is 0.426 bits per heavy atom. The van der Waals surface area contributed by atoms with E-state index in [0.29, 0.717) is 33.0 Å². The molecule has 6 aromatic carbocycles. The van der Waals surface area contributed by atoms with E-state index in [1.807, 2.05) is 24.3 Å². The van der Waals surface area contributed by atoms with Crippen molar-refractivity contribution in [2.75, 3.05) is 6.61 Å². The largest absolute Gasteiger partial charge is 0.376 e. The van der Waals surface area contributed by atoms with Crippen LogP contribution in [0.5, 0.6) is 0 Å². The average molecular weight is 715 g/mol. The second kappa shape index (κ2) is 19.3. The maximum Gasteiger partial charge on any atom is 0.115 e. The molecule has 274 valence electrons. The van der Waals surface area contributed by atoms with Gasteiger partial charge < -0.3 is 18.9 Å². The van der Waals surface area contributed by atoms with Gasteiger partial charge in [0.1, 0.15) is 12.2 Å². The molecule has 0 heterocycles. The highest BCUT2D eigenvalue weighted by Gasteiger charge is 2.43. The van der Waals surface area contributed by atoms with Gasteiger partial charge in [0, 0.05) is 5.92 Å². The maximum absolute atomic E-state index is 7.02. The molecule has 7 rings (SSSR count). The van der Waals surface area contributed by atoms with Gasteiger partial charge in [0.2, 0.25) is 0 Å². The second-order valence-electron chi connectivity index (χ2n) is 14.1. The van der Waals surface area contributed by atoms with E-state index >= 15 is 0 Å². The van der Waals surface area contributed by atoms with E-state index in [2.05, 4.69) is 159 Å². The molecule has 0 bridgehead atoms. The van der Waals surface area contributed by atoms with Crippen molar-refractivity contribution >= 4 is 5.57 Å². The molecular weight excluding hydrogens is 665 g/mol. The summed E-state index contributed by atoms with van der Waals surface area (Å²) in [6.45, 7) is 4.51. The van der Waals surface area contributed by atoms with Crippen LogP contribution >= 0.6 is 0 Å². The molecule has 0 aliphatic heterocycles. The lowest BCUT2D eigenvalue weighted by molar-refractivity contribution is -0.158. The number of benzene rings is 6. The number of hydrogen-bond donors (Lipinski definition) is 0. The normalized spacial score (nSPS) is 18.3. The first-order chi connectivity index (χ1) is 26.7. The lowest BCUT2D eigenvalue weighted by Gasteiger charge is -2.42. The Bertz CT molecular complexity index is 2010. The first-order valence-electron chi connectivity index (χ1n) is 19.2. The van der Waals surface area contributed by atoms with Crippen molar-refractivity contribution in [1.82, 2.24) is 0 Å². The topological polar surface area (TPSA) is 36.9 Å². The molecule has 4 atom stereocenters. The molecule has 1 aliphatic carbocycles. The average Bonchev–Trinajstić information content (AvgIpc) is 3.23. The van der Waals surface area contributed by atoms with Gasteiger partial charge in [-0.2, -0.15) is 0 Å². The highest BCUT2D eigenvalue weighted by Crippen LogP contribution is 2.38. The van der Waals surface area contributed by atoms with Gasteiger partial charge in [0.15, 0.2) is 0 Å². The fourth-order valence-electron chi connectivity index (χ4n) is 7.17. The summed E-state index contributed by atoms with van der Waals surface area (Å²) in [5.74, 6) is -0.102. The quantitative estimate of drug-likeness (QED) is 0.0943. The molecular formula is C50H50O4. The highest BCUT2D eigenvalue weighted by atomic mass is 16.6. The Labute approximate surface area is 321 Å². The minimum absolute atomic E-state index is 0.102. The fraction of sp³-hybridized carbons (Fsp3) is 0.240. The fourth-order valence-corrected chi connectivity index (χ4v) is 7.17. The van der Waals surface area contributed by atoms with E-state index in [9.17, 15) is 0 Å². The molecule has 0 amide bonds. The van der Waals surface area contributed by atoms with Gasteiger partial charge >= 0.3 is 0 Å². The first-order valence-corrected chi connectivity index (χ1v) is 19.2. The standard InChI is InChI=1S/C50H50O4/c1-2-38-26-28-39(29-27-38)30-44-24-15-25-45(31-44)47-32-46(37-51-33-40-16-7-3-8-17-40)48(52-34-41-18-9-4-10-19-41)50(54-36-43-22-13-6-14-23-43)49(47)53-35-42-20-11-5-12-21-42/h3-29,31-32,46,48-50H,2,30,33-37H2,1H3/t46-,48-,49+,50-/m1/s1. The van der Waals surface area contributed by atoms with Crippen molar-refractivity contribution < 1.29 is 18.9 Å². The molecule has 4 heteroatoms. The lowest BCUT2D eigenvalue weighted by atomic mass is 9.80. The molecule has 54 heavy (non-hydrogen) atoms. The van der Waals surface area contributed by atoms with Gasteiger partial charge in [-0.15, -0.1) is 0 Å². The third-order valence-electron chi connectivity index (χ3n) is 10.1. The predicted octanol–water partition coefficient (Wildman–Crippen LogP) is 10.8. The molecule has 0 saturated heterocycles. The van der Waals surface area contributed by atoms with Crippen LogP contribution in [-0.4, -0.2) is 24.9 Å². The Morgan fingerprint density at radius 2 is 0.907 bits per heavy atom. The third kappa shape index (κ3) is 10.3. The van der Waals surface area contributed by atoms with Crippen molar-refractivity contribution in [3.8, 4) is 0 Å². The summed E-state index contributed by atoms with van der Waals surface area (Å²) in [7, 11) is 0. The smallest absolute Gasteiger partial charge is 0.115 e. The van der Waals surface area contributed by atoms with Gasteiger partial charge in [0.05, 0.1) is 39.1 Å². The number of aryl methyl sites for hydroxylation is 1. The summed E-state index contributed by atoms with van der Waals surface area (Å²) < 4.78 is 27.5. The van der Waals surface area contributed by atoms with Crippen molar-refractivity contribution in [3.05, 3.63) is 220 Å². The van der Waals surface area contributed by atoms with Crippen LogP contribution in [-0.2, 0) is 58.2 Å². The summed E-state index contributed by atoms with van der Waals surface area (Å²) in [5.41, 5.74) is 10.6. The predicted molar refractivity (Wildman–Crippen MR) is 218 cm³/mol. The highest BCUT2D eigenvalue weighted by molar-refractivity contribution is 5.71. The van der Waals surface area contributed by atoms with Crippen molar-refractivity contribution in [3.63, 3.8) is 0 Å². The van der Waals surface area contributed by atoms with Gasteiger partial charge in [-0.25, -0.2) is 0 Å². The lowest BCUT2D eigenvalue weighted by Crippen LogP contribution is -2.50. The summed E-state index contributed by atoms with van der Waals surface area (Å²) in [6.07, 6.45) is 3.06. The zero-order valence-electron chi connectivity index (χ0n) is 31.1. The molecule has 0 fully saturated rings. The summed E-state index contributed by atoms with van der Waals surface area (Å²) in [5, 5.41) is 0. The SMILES string of the molecule is CCc1ccc(Cc2cccc(C3=C[C@H](COCc4ccccc4)[C@@H](OCc4ccccc4)[C@@H](OCc4ccccc4)[C@H]3OCc3ccccc3)c2)cc1. The van der Waals surface area contributed by atoms with E-state index in [0.717, 1.165) is 46.2 Å². The molecule has 0 radical (unpaired) electrons. The Hall–Kier alpha value is -5.10. The van der Waals surface area contributed by atoms with Crippen molar-refractivity contribution in [2.45, 2.75) is 64.5 Å². The van der Waals surface area contributed by atoms with Crippen LogP contribution in [0.1, 0.15) is 51.4 Å². The van der Waals surface area contributed by atoms with Crippen LogP contribution in [0.2, 0.25) is 0 Å². The molecule has 4 nitrogen and oxygen atoms in total. The van der Waals surface area contributed by atoms with Crippen molar-refractivity contribution in [1.29, 1.82) is 0 Å². The van der Waals surface area contributed by atoms with E-state index in [-0.39, 0.29) is 12.0 Å². The van der Waals surface area contributed by atoms with Crippen LogP contribution in [0.25, 0.3) is 5.57 Å². The first kappa shape index (κ1) is 37.2. The van der Waals surface area contributed by atoms with Gasteiger partial charge in [-0.1, -0.05) is 183 Å². The van der Waals surface area contributed by atoms with Crippen LogP contribution in [0, 0.1) is 5.92 Å². The van der Waals surface area contributed by atoms with Crippen LogP contribution < -0.4 is 0 Å². The molecule has 6 aromatic rings. The summed E-state index contributed by atoms with van der Waals surface area (Å²) in [4.78, 5) is 0. The number of rotatable bonds is 17. The van der Waals surface area contributed by atoms with Gasteiger partial charge in [-0.05, 0) is 62.9 Å². The molecule has 0 unspecified atom stereocenters. The number of hydrogen-bond acceptors (Lipinski definition) is 4. The van der Waals surface area contributed by atoms with E-state index in [1.54, 1.807) is 0 Å². The Balaban J connectivity index is 1.27. The molecule has 0 saturated carbocycles. The van der Waals surface area contributed by atoms with Gasteiger partial charge in [-0.3, -0.25) is 0 Å². The minimum Gasteiger partial charge on any atom is -0.376 e. The Kier molecular flexibility index (Phi) is 13.3.